The van der Waals surface area contributed by atoms with Crippen molar-refractivity contribution < 1.29 is 17.1 Å². The van der Waals surface area contributed by atoms with E-state index in [0.29, 0.717) is 5.76 Å². The van der Waals surface area contributed by atoms with Crippen molar-refractivity contribution in [1.82, 2.24) is 5.16 Å². The smallest absolute Gasteiger partial charge is 0.309 e. The number of rotatable bonds is 4. The molecule has 14 heavy (non-hydrogen) atoms. The van der Waals surface area contributed by atoms with Crippen LogP contribution in [0.5, 0.6) is 5.75 Å². The molecule has 1 aromatic rings. The molecule has 6 heteroatoms. The Labute approximate surface area is 83.2 Å². The van der Waals surface area contributed by atoms with Gasteiger partial charge in [-0.1, -0.05) is 19.0 Å². The summed E-state index contributed by atoms with van der Waals surface area (Å²) in [4.78, 5) is 0. The van der Waals surface area contributed by atoms with E-state index in [9.17, 15) is 8.42 Å². The monoisotopic (exact) mass is 219 g/mol. The van der Waals surface area contributed by atoms with E-state index in [2.05, 4.69) is 5.16 Å². The molecule has 0 saturated heterocycles. The lowest BCUT2D eigenvalue weighted by molar-refractivity contribution is 0.363. The Bertz CT molecular complexity index is 393. The van der Waals surface area contributed by atoms with Crippen LogP contribution in [0.2, 0.25) is 0 Å². The summed E-state index contributed by atoms with van der Waals surface area (Å²) in [6.07, 6.45) is 1.27. The Hall–Kier alpha value is -1.04. The van der Waals surface area contributed by atoms with Crippen molar-refractivity contribution in [3.63, 3.8) is 0 Å². The van der Waals surface area contributed by atoms with Gasteiger partial charge in [0.15, 0.2) is 5.76 Å². The van der Waals surface area contributed by atoms with Crippen LogP contribution in [0.1, 0.15) is 32.4 Å². The minimum absolute atomic E-state index is 0.0413. The Morgan fingerprint density at radius 1 is 1.57 bits per heavy atom. The summed E-state index contributed by atoms with van der Waals surface area (Å²) in [5.74, 6) is 0.596. The Morgan fingerprint density at radius 3 is 2.71 bits per heavy atom. The van der Waals surface area contributed by atoms with Gasteiger partial charge in [-0.25, -0.2) is 0 Å². The molecule has 0 fully saturated rings. The summed E-state index contributed by atoms with van der Waals surface area (Å²) in [6, 6.07) is 0. The standard InChI is InChI=1S/C8H13NO4S/c1-4-14(10,11)13-7-5-9-12-8(7)6(2)3/h5-6H,4H2,1-3H3. The van der Waals surface area contributed by atoms with Crippen LogP contribution in [-0.2, 0) is 10.1 Å². The molecule has 1 heterocycles. The third-order valence-electron chi connectivity index (χ3n) is 1.66. The van der Waals surface area contributed by atoms with Crippen LogP contribution in [-0.4, -0.2) is 19.3 Å². The van der Waals surface area contributed by atoms with Crippen LogP contribution in [0, 0.1) is 0 Å². The van der Waals surface area contributed by atoms with Crippen molar-refractivity contribution in [2.75, 3.05) is 5.75 Å². The first-order chi connectivity index (χ1) is 6.46. The van der Waals surface area contributed by atoms with Gasteiger partial charge in [-0.3, -0.25) is 0 Å². The normalized spacial score (nSPS) is 12.0. The molecule has 1 aromatic heterocycles. The first kappa shape index (κ1) is 11.0. The van der Waals surface area contributed by atoms with E-state index in [1.54, 1.807) is 0 Å². The topological polar surface area (TPSA) is 69.4 Å². The summed E-state index contributed by atoms with van der Waals surface area (Å²) in [5, 5.41) is 3.50. The summed E-state index contributed by atoms with van der Waals surface area (Å²) in [5.41, 5.74) is 0. The second-order valence-corrected chi connectivity index (χ2v) is 5.00. The van der Waals surface area contributed by atoms with Crippen LogP contribution in [0.3, 0.4) is 0 Å². The lowest BCUT2D eigenvalue weighted by atomic mass is 10.1. The van der Waals surface area contributed by atoms with E-state index in [1.807, 2.05) is 13.8 Å². The number of hydrogen-bond acceptors (Lipinski definition) is 5. The minimum Gasteiger partial charge on any atom is -0.377 e. The molecule has 0 saturated carbocycles. The van der Waals surface area contributed by atoms with Crippen LogP contribution >= 0.6 is 0 Å². The average Bonchev–Trinajstić information content (AvgIpc) is 2.51. The van der Waals surface area contributed by atoms with Gasteiger partial charge in [-0.15, -0.1) is 0 Å². The Morgan fingerprint density at radius 2 is 2.21 bits per heavy atom. The second-order valence-electron chi connectivity index (χ2n) is 3.14. The van der Waals surface area contributed by atoms with E-state index >= 15 is 0 Å². The van der Waals surface area contributed by atoms with E-state index in [1.165, 1.54) is 13.1 Å². The van der Waals surface area contributed by atoms with Gasteiger partial charge in [0, 0.05) is 5.92 Å². The highest BCUT2D eigenvalue weighted by Gasteiger charge is 2.18. The maximum absolute atomic E-state index is 11.1. The lowest BCUT2D eigenvalue weighted by Gasteiger charge is -2.05. The molecule has 0 aliphatic heterocycles. The molecule has 0 amide bonds. The largest absolute Gasteiger partial charge is 0.377 e. The fourth-order valence-electron chi connectivity index (χ4n) is 0.888. The number of aromatic nitrogens is 1. The van der Waals surface area contributed by atoms with Gasteiger partial charge >= 0.3 is 10.1 Å². The molecule has 0 aliphatic carbocycles. The van der Waals surface area contributed by atoms with Crippen LogP contribution < -0.4 is 4.18 Å². The summed E-state index contributed by atoms with van der Waals surface area (Å²) in [7, 11) is -3.50. The maximum atomic E-state index is 11.1. The van der Waals surface area contributed by atoms with Gasteiger partial charge in [0.1, 0.15) is 6.20 Å². The number of nitrogens with zero attached hydrogens (tertiary/aromatic N) is 1. The zero-order chi connectivity index (χ0) is 10.8. The van der Waals surface area contributed by atoms with Crippen molar-refractivity contribution in [1.29, 1.82) is 0 Å². The lowest BCUT2D eigenvalue weighted by Crippen LogP contribution is -2.12. The zero-order valence-corrected chi connectivity index (χ0v) is 9.17. The summed E-state index contributed by atoms with van der Waals surface area (Å²) < 4.78 is 32.0. The molecule has 5 nitrogen and oxygen atoms in total. The van der Waals surface area contributed by atoms with Gasteiger partial charge in [-0.05, 0) is 6.92 Å². The van der Waals surface area contributed by atoms with Crippen molar-refractivity contribution >= 4 is 10.1 Å². The molecule has 0 unspecified atom stereocenters. The molecule has 0 aliphatic rings. The molecular weight excluding hydrogens is 206 g/mol. The second kappa shape index (κ2) is 4.00. The maximum Gasteiger partial charge on any atom is 0.309 e. The molecule has 0 radical (unpaired) electrons. The third-order valence-corrected chi connectivity index (χ3v) is 2.80. The highest BCUT2D eigenvalue weighted by Crippen LogP contribution is 2.26. The average molecular weight is 219 g/mol. The van der Waals surface area contributed by atoms with E-state index in [4.69, 9.17) is 8.71 Å². The SMILES string of the molecule is CCS(=O)(=O)Oc1cnoc1C(C)C. The third kappa shape index (κ3) is 2.47. The van der Waals surface area contributed by atoms with Crippen molar-refractivity contribution in [2.24, 2.45) is 0 Å². The summed E-state index contributed by atoms with van der Waals surface area (Å²) >= 11 is 0. The predicted molar refractivity (Wildman–Crippen MR) is 50.7 cm³/mol. The first-order valence-corrected chi connectivity index (χ1v) is 5.90. The van der Waals surface area contributed by atoms with Crippen LogP contribution in [0.4, 0.5) is 0 Å². The molecule has 0 bridgehead atoms. The van der Waals surface area contributed by atoms with Crippen LogP contribution in [0.15, 0.2) is 10.7 Å². The molecule has 0 spiro atoms. The predicted octanol–water partition coefficient (Wildman–Crippen LogP) is 1.53. The Kier molecular flexibility index (Phi) is 3.15. The van der Waals surface area contributed by atoms with Crippen molar-refractivity contribution in [3.05, 3.63) is 12.0 Å². The Balaban J connectivity index is 2.93. The van der Waals surface area contributed by atoms with Gasteiger partial charge in [0.2, 0.25) is 5.75 Å². The van der Waals surface area contributed by atoms with E-state index in [-0.39, 0.29) is 17.4 Å². The van der Waals surface area contributed by atoms with Gasteiger partial charge in [0.25, 0.3) is 0 Å². The highest BCUT2D eigenvalue weighted by molar-refractivity contribution is 7.87. The van der Waals surface area contributed by atoms with Gasteiger partial charge in [-0.2, -0.15) is 8.42 Å². The molecule has 0 atom stereocenters. The molecule has 1 rings (SSSR count). The fourth-order valence-corrected chi connectivity index (χ4v) is 1.40. The minimum atomic E-state index is -3.50. The molecule has 0 N–H and O–H groups in total. The van der Waals surface area contributed by atoms with Gasteiger partial charge in [0.05, 0.1) is 5.75 Å². The molecule has 0 aromatic carbocycles. The van der Waals surface area contributed by atoms with E-state index in [0.717, 1.165) is 0 Å². The summed E-state index contributed by atoms with van der Waals surface area (Å²) in [6.45, 7) is 5.25. The quantitative estimate of drug-likeness (QED) is 0.718. The molecular formula is C8H13NO4S. The first-order valence-electron chi connectivity index (χ1n) is 4.33. The van der Waals surface area contributed by atoms with Crippen molar-refractivity contribution in [2.45, 2.75) is 26.7 Å². The van der Waals surface area contributed by atoms with E-state index < -0.39 is 10.1 Å². The highest BCUT2D eigenvalue weighted by atomic mass is 32.2. The van der Waals surface area contributed by atoms with Gasteiger partial charge < -0.3 is 8.71 Å². The van der Waals surface area contributed by atoms with Crippen molar-refractivity contribution in [3.8, 4) is 5.75 Å². The molecule has 80 valence electrons. The number of hydrogen-bond donors (Lipinski definition) is 0. The van der Waals surface area contributed by atoms with Crippen LogP contribution in [0.25, 0.3) is 0 Å². The zero-order valence-electron chi connectivity index (χ0n) is 8.35. The fraction of sp³-hybridized carbons (Fsp3) is 0.625.